The van der Waals surface area contributed by atoms with E-state index in [4.69, 9.17) is 0 Å². The molecule has 21 heavy (non-hydrogen) atoms. The van der Waals surface area contributed by atoms with Crippen molar-refractivity contribution in [2.24, 2.45) is 5.41 Å². The minimum absolute atomic E-state index is 0.125. The average molecular weight is 293 g/mol. The first-order valence-electron chi connectivity index (χ1n) is 6.80. The Balaban J connectivity index is 1.98. The quantitative estimate of drug-likeness (QED) is 0.598. The molecule has 0 unspecified atom stereocenters. The first-order valence-corrected chi connectivity index (χ1v) is 6.80. The van der Waals surface area contributed by atoms with Crippen LogP contribution in [0.3, 0.4) is 0 Å². The topological polar surface area (TPSA) is 92.5 Å². The number of hydrogen-bond donors (Lipinski definition) is 0. The van der Waals surface area contributed by atoms with Crippen LogP contribution in [0.15, 0.2) is 12.4 Å². The van der Waals surface area contributed by atoms with E-state index in [9.17, 15) is 14.9 Å². The van der Waals surface area contributed by atoms with E-state index < -0.39 is 4.92 Å². The first kappa shape index (κ1) is 15.1. The molecule has 2 rings (SSSR count). The van der Waals surface area contributed by atoms with Gasteiger partial charge in [0.15, 0.2) is 0 Å². The maximum atomic E-state index is 12.2. The number of nitrogens with zero attached hydrogens (tertiary/aromatic N) is 5. The number of anilines is 1. The Bertz CT molecular complexity index is 530. The van der Waals surface area contributed by atoms with Crippen LogP contribution in [0, 0.1) is 15.5 Å². The second-order valence-electron chi connectivity index (χ2n) is 6.03. The summed E-state index contributed by atoms with van der Waals surface area (Å²) < 4.78 is 0. The van der Waals surface area contributed by atoms with Crippen LogP contribution >= 0.6 is 0 Å². The van der Waals surface area contributed by atoms with E-state index >= 15 is 0 Å². The Labute approximate surface area is 122 Å². The van der Waals surface area contributed by atoms with Gasteiger partial charge in [-0.1, -0.05) is 20.8 Å². The Morgan fingerprint density at radius 2 is 1.71 bits per heavy atom. The maximum Gasteiger partial charge on any atom is 0.305 e. The summed E-state index contributed by atoms with van der Waals surface area (Å²) in [6.07, 6.45) is 2.41. The number of aromatic nitrogens is 2. The van der Waals surface area contributed by atoms with Gasteiger partial charge in [0.1, 0.15) is 12.4 Å². The van der Waals surface area contributed by atoms with Crippen molar-refractivity contribution >= 4 is 17.5 Å². The highest BCUT2D eigenvalue weighted by Crippen LogP contribution is 2.20. The van der Waals surface area contributed by atoms with Crippen molar-refractivity contribution < 1.29 is 9.72 Å². The van der Waals surface area contributed by atoms with Gasteiger partial charge in [-0.3, -0.25) is 14.9 Å². The summed E-state index contributed by atoms with van der Waals surface area (Å²) in [5, 5.41) is 10.6. The molecule has 8 heteroatoms. The van der Waals surface area contributed by atoms with Crippen LogP contribution in [-0.4, -0.2) is 51.9 Å². The normalized spacial score (nSPS) is 16.0. The van der Waals surface area contributed by atoms with Gasteiger partial charge in [0.05, 0.1) is 4.92 Å². The fourth-order valence-corrected chi connectivity index (χ4v) is 2.16. The molecular weight excluding hydrogens is 274 g/mol. The number of rotatable bonds is 2. The summed E-state index contributed by atoms with van der Waals surface area (Å²) in [6.45, 7) is 8.18. The van der Waals surface area contributed by atoms with E-state index in [0.29, 0.717) is 32.1 Å². The second kappa shape index (κ2) is 5.63. The summed E-state index contributed by atoms with van der Waals surface area (Å²) in [5.74, 6) is 0.593. The lowest BCUT2D eigenvalue weighted by Crippen LogP contribution is -2.52. The van der Waals surface area contributed by atoms with Gasteiger partial charge in [0.25, 0.3) is 0 Å². The van der Waals surface area contributed by atoms with E-state index in [-0.39, 0.29) is 17.0 Å². The van der Waals surface area contributed by atoms with Crippen molar-refractivity contribution in [1.82, 2.24) is 14.9 Å². The molecule has 1 aromatic rings. The van der Waals surface area contributed by atoms with Gasteiger partial charge >= 0.3 is 5.69 Å². The van der Waals surface area contributed by atoms with E-state index in [1.165, 1.54) is 12.4 Å². The third-order valence-corrected chi connectivity index (χ3v) is 3.33. The Morgan fingerprint density at radius 3 is 2.14 bits per heavy atom. The largest absolute Gasteiger partial charge is 0.339 e. The van der Waals surface area contributed by atoms with Gasteiger partial charge in [-0.2, -0.15) is 0 Å². The molecule has 1 aliphatic heterocycles. The van der Waals surface area contributed by atoms with Gasteiger partial charge in [-0.05, 0) is 0 Å². The fourth-order valence-electron chi connectivity index (χ4n) is 2.16. The minimum Gasteiger partial charge on any atom is -0.339 e. The van der Waals surface area contributed by atoms with Gasteiger partial charge in [0.2, 0.25) is 11.9 Å². The molecule has 0 radical (unpaired) electrons. The van der Waals surface area contributed by atoms with E-state index in [2.05, 4.69) is 9.97 Å². The predicted molar refractivity (Wildman–Crippen MR) is 76.9 cm³/mol. The predicted octanol–water partition coefficient (Wildman–Crippen LogP) is 1.08. The Hall–Kier alpha value is -2.25. The summed E-state index contributed by atoms with van der Waals surface area (Å²) in [7, 11) is 0. The van der Waals surface area contributed by atoms with E-state index in [0.717, 1.165) is 0 Å². The average Bonchev–Trinajstić information content (AvgIpc) is 2.46. The standard InChI is InChI=1S/C13H19N5O3/c1-13(2,3)11(19)16-4-6-17(7-5-16)12-14-8-10(9-15-12)18(20)21/h8-9H,4-7H2,1-3H3. The SMILES string of the molecule is CC(C)(C)C(=O)N1CCN(c2ncc([N+](=O)[O-])cn2)CC1. The number of hydrogen-bond acceptors (Lipinski definition) is 6. The molecule has 1 saturated heterocycles. The summed E-state index contributed by atoms with van der Waals surface area (Å²) >= 11 is 0. The van der Waals surface area contributed by atoms with Gasteiger partial charge < -0.3 is 9.80 Å². The smallest absolute Gasteiger partial charge is 0.305 e. The lowest BCUT2D eigenvalue weighted by atomic mass is 9.94. The summed E-state index contributed by atoms with van der Waals surface area (Å²) in [6, 6.07) is 0. The van der Waals surface area contributed by atoms with Crippen molar-refractivity contribution in [2.45, 2.75) is 20.8 Å². The highest BCUT2D eigenvalue weighted by atomic mass is 16.6. The molecule has 114 valence electrons. The van der Waals surface area contributed by atoms with E-state index in [1.54, 1.807) is 0 Å². The number of nitro groups is 1. The maximum absolute atomic E-state index is 12.2. The number of carbonyl (C=O) groups excluding carboxylic acids is 1. The van der Waals surface area contributed by atoms with Gasteiger partial charge in [-0.25, -0.2) is 9.97 Å². The fraction of sp³-hybridized carbons (Fsp3) is 0.615. The Morgan fingerprint density at radius 1 is 1.19 bits per heavy atom. The van der Waals surface area contributed by atoms with Crippen molar-refractivity contribution in [3.63, 3.8) is 0 Å². The van der Waals surface area contributed by atoms with Gasteiger partial charge in [0, 0.05) is 31.6 Å². The zero-order chi connectivity index (χ0) is 15.6. The Kier molecular flexibility index (Phi) is 4.06. The molecule has 1 fully saturated rings. The lowest BCUT2D eigenvalue weighted by Gasteiger charge is -2.37. The molecule has 0 atom stereocenters. The third-order valence-electron chi connectivity index (χ3n) is 3.33. The van der Waals surface area contributed by atoms with Crippen molar-refractivity contribution in [3.05, 3.63) is 22.5 Å². The molecular formula is C13H19N5O3. The van der Waals surface area contributed by atoms with Gasteiger partial charge in [-0.15, -0.1) is 0 Å². The van der Waals surface area contributed by atoms with Crippen LogP contribution in [-0.2, 0) is 4.79 Å². The highest BCUT2D eigenvalue weighted by Gasteiger charge is 2.30. The summed E-state index contributed by atoms with van der Waals surface area (Å²) in [4.78, 5) is 34.0. The molecule has 1 aromatic heterocycles. The van der Waals surface area contributed by atoms with Crippen molar-refractivity contribution in [3.8, 4) is 0 Å². The van der Waals surface area contributed by atoms with Crippen LogP contribution in [0.5, 0.6) is 0 Å². The van der Waals surface area contributed by atoms with Crippen LogP contribution in [0.25, 0.3) is 0 Å². The van der Waals surface area contributed by atoms with Crippen molar-refractivity contribution in [2.75, 3.05) is 31.1 Å². The van der Waals surface area contributed by atoms with Crippen LogP contribution < -0.4 is 4.90 Å². The molecule has 0 spiro atoms. The molecule has 0 aromatic carbocycles. The lowest BCUT2D eigenvalue weighted by molar-refractivity contribution is -0.385. The highest BCUT2D eigenvalue weighted by molar-refractivity contribution is 5.81. The van der Waals surface area contributed by atoms with Crippen LogP contribution in [0.2, 0.25) is 0 Å². The third kappa shape index (κ3) is 3.45. The van der Waals surface area contributed by atoms with Crippen LogP contribution in [0.4, 0.5) is 11.6 Å². The molecule has 0 bridgehead atoms. The van der Waals surface area contributed by atoms with E-state index in [1.807, 2.05) is 30.6 Å². The monoisotopic (exact) mass is 293 g/mol. The summed E-state index contributed by atoms with van der Waals surface area (Å²) in [5.41, 5.74) is -0.508. The number of amides is 1. The molecule has 0 aliphatic carbocycles. The molecule has 8 nitrogen and oxygen atoms in total. The number of piperazine rings is 1. The minimum atomic E-state index is -0.524. The molecule has 1 aliphatic rings. The zero-order valence-corrected chi connectivity index (χ0v) is 12.4. The number of carbonyl (C=O) groups is 1. The molecule has 0 saturated carbocycles. The van der Waals surface area contributed by atoms with Crippen molar-refractivity contribution in [1.29, 1.82) is 0 Å². The van der Waals surface area contributed by atoms with Crippen LogP contribution in [0.1, 0.15) is 20.8 Å². The molecule has 1 amide bonds. The molecule has 2 heterocycles. The first-order chi connectivity index (χ1) is 9.79. The molecule has 0 N–H and O–H groups in total. The zero-order valence-electron chi connectivity index (χ0n) is 12.4. The second-order valence-corrected chi connectivity index (χ2v) is 6.03.